The second-order valence-electron chi connectivity index (χ2n) is 11.1. The SMILES string of the molecule is COc1ccc(C[C@@]2(CN3C[C@@H]4C[C@@H](C3)c3cccc(=O)n3C4)C(=O)NC(=O)N(c3ccc(OC)cc3)C2=O)cc1. The first-order chi connectivity index (χ1) is 19.8. The van der Waals surface area contributed by atoms with Crippen LogP contribution in [0.5, 0.6) is 11.5 Å². The molecule has 2 saturated heterocycles. The molecule has 2 aromatic carbocycles. The molecule has 0 saturated carbocycles. The van der Waals surface area contributed by atoms with Crippen LogP contribution in [-0.2, 0) is 22.6 Å². The van der Waals surface area contributed by atoms with Crippen molar-refractivity contribution in [3.8, 4) is 11.5 Å². The van der Waals surface area contributed by atoms with Crippen molar-refractivity contribution in [1.29, 1.82) is 0 Å². The second-order valence-corrected chi connectivity index (χ2v) is 11.1. The third-order valence-corrected chi connectivity index (χ3v) is 8.52. The molecular formula is C31H32N4O6. The summed E-state index contributed by atoms with van der Waals surface area (Å²) in [6.45, 7) is 1.97. The monoisotopic (exact) mass is 556 g/mol. The quantitative estimate of drug-likeness (QED) is 0.446. The van der Waals surface area contributed by atoms with E-state index in [2.05, 4.69) is 10.2 Å². The smallest absolute Gasteiger partial charge is 0.335 e. The third kappa shape index (κ3) is 4.78. The number of carbonyl (C=O) groups excluding carboxylic acids is 3. The summed E-state index contributed by atoms with van der Waals surface area (Å²) in [7, 11) is 3.11. The van der Waals surface area contributed by atoms with E-state index in [-0.39, 0.29) is 30.4 Å². The Kier molecular flexibility index (Phi) is 6.86. The molecule has 10 heteroatoms. The Morgan fingerprint density at radius 3 is 2.22 bits per heavy atom. The lowest BCUT2D eigenvalue weighted by molar-refractivity contribution is -0.144. The summed E-state index contributed by atoms with van der Waals surface area (Å²) in [4.78, 5) is 57.1. The van der Waals surface area contributed by atoms with Gasteiger partial charge in [0.05, 0.1) is 19.9 Å². The maximum absolute atomic E-state index is 14.4. The van der Waals surface area contributed by atoms with Gasteiger partial charge in [-0.05, 0) is 66.8 Å². The number of nitrogens with one attached hydrogen (secondary N) is 1. The highest BCUT2D eigenvalue weighted by Crippen LogP contribution is 2.39. The van der Waals surface area contributed by atoms with Gasteiger partial charge in [0.25, 0.3) is 11.5 Å². The van der Waals surface area contributed by atoms with Crippen LogP contribution in [0.1, 0.15) is 23.6 Å². The van der Waals surface area contributed by atoms with E-state index in [0.717, 1.165) is 22.6 Å². The molecular weight excluding hydrogens is 524 g/mol. The van der Waals surface area contributed by atoms with Gasteiger partial charge in [-0.25, -0.2) is 9.69 Å². The summed E-state index contributed by atoms with van der Waals surface area (Å²) in [6, 6.07) is 18.4. The van der Waals surface area contributed by atoms with Crippen LogP contribution in [0, 0.1) is 11.3 Å². The number of likely N-dealkylation sites (tertiary alicyclic amines) is 1. The lowest BCUT2D eigenvalue weighted by Gasteiger charge is -2.47. The number of hydrogen-bond acceptors (Lipinski definition) is 7. The number of rotatable bonds is 7. The van der Waals surface area contributed by atoms with Gasteiger partial charge in [0.2, 0.25) is 5.91 Å². The number of nitrogens with zero attached hydrogens (tertiary/aromatic N) is 3. The molecule has 3 atom stereocenters. The van der Waals surface area contributed by atoms with E-state index < -0.39 is 23.3 Å². The van der Waals surface area contributed by atoms with Crippen molar-refractivity contribution in [3.63, 3.8) is 0 Å². The number of aromatic nitrogens is 1. The van der Waals surface area contributed by atoms with E-state index in [1.807, 2.05) is 22.8 Å². The number of piperidine rings is 1. The highest BCUT2D eigenvalue weighted by atomic mass is 16.5. The molecule has 0 spiro atoms. The Morgan fingerprint density at radius 2 is 1.54 bits per heavy atom. The van der Waals surface area contributed by atoms with Gasteiger partial charge in [-0.15, -0.1) is 0 Å². The summed E-state index contributed by atoms with van der Waals surface area (Å²) in [5.41, 5.74) is 0.537. The molecule has 0 radical (unpaired) electrons. The lowest BCUT2D eigenvalue weighted by Crippen LogP contribution is -2.68. The standard InChI is InChI=1S/C31H32N4O6/c1-40-24-10-6-20(7-11-24)15-31(19-33-16-21-14-22(18-33)26-4-3-5-27(36)34(26)17-21)28(37)32-30(39)35(29(31)38)23-8-12-25(41-2)13-9-23/h3-13,21-22H,14-19H2,1-2H3,(H,32,37,39)/t21-,22-,31+/m0/s1. The summed E-state index contributed by atoms with van der Waals surface area (Å²) in [5.74, 6) is 0.379. The number of amides is 4. The highest BCUT2D eigenvalue weighted by Gasteiger charge is 2.55. The summed E-state index contributed by atoms with van der Waals surface area (Å²) >= 11 is 0. The molecule has 1 aromatic heterocycles. The fourth-order valence-corrected chi connectivity index (χ4v) is 6.59. The van der Waals surface area contributed by atoms with Crippen molar-refractivity contribution in [1.82, 2.24) is 14.8 Å². The Labute approximate surface area is 237 Å². The molecule has 212 valence electrons. The molecule has 0 aliphatic carbocycles. The fourth-order valence-electron chi connectivity index (χ4n) is 6.59. The van der Waals surface area contributed by atoms with Crippen molar-refractivity contribution in [2.24, 2.45) is 11.3 Å². The van der Waals surface area contributed by atoms with Gasteiger partial charge >= 0.3 is 6.03 Å². The highest BCUT2D eigenvalue weighted by molar-refractivity contribution is 6.30. The Balaban J connectivity index is 1.37. The molecule has 6 rings (SSSR count). The van der Waals surface area contributed by atoms with E-state index in [4.69, 9.17) is 9.47 Å². The fraction of sp³-hybridized carbons (Fsp3) is 0.355. The van der Waals surface area contributed by atoms with Gasteiger partial charge in [-0.3, -0.25) is 19.7 Å². The first kappa shape index (κ1) is 26.8. The first-order valence-electron chi connectivity index (χ1n) is 13.7. The van der Waals surface area contributed by atoms with Crippen molar-refractivity contribution in [3.05, 3.63) is 88.3 Å². The third-order valence-electron chi connectivity index (χ3n) is 8.52. The van der Waals surface area contributed by atoms with Crippen LogP contribution in [0.25, 0.3) is 0 Å². The average molecular weight is 557 g/mol. The number of urea groups is 1. The average Bonchev–Trinajstić information content (AvgIpc) is 2.97. The van der Waals surface area contributed by atoms with Crippen LogP contribution in [0.3, 0.4) is 0 Å². The van der Waals surface area contributed by atoms with Gasteiger partial charge in [0, 0.05) is 43.9 Å². The summed E-state index contributed by atoms with van der Waals surface area (Å²) in [6.07, 6.45) is 1.05. The number of anilines is 1. The number of fused-ring (bicyclic) bond motifs is 4. The van der Waals surface area contributed by atoms with Crippen molar-refractivity contribution < 1.29 is 23.9 Å². The van der Waals surface area contributed by atoms with Gasteiger partial charge < -0.3 is 18.9 Å². The number of ether oxygens (including phenoxy) is 2. The zero-order chi connectivity index (χ0) is 28.7. The van der Waals surface area contributed by atoms with Gasteiger partial charge in [-0.1, -0.05) is 18.2 Å². The largest absolute Gasteiger partial charge is 0.497 e. The number of imide groups is 2. The number of methoxy groups -OCH3 is 2. The Bertz CT molecular complexity index is 1550. The van der Waals surface area contributed by atoms with Crippen LogP contribution in [0.4, 0.5) is 10.5 Å². The van der Waals surface area contributed by atoms with Crippen LogP contribution in [0.15, 0.2) is 71.5 Å². The lowest BCUT2D eigenvalue weighted by atomic mass is 9.75. The van der Waals surface area contributed by atoms with Crippen molar-refractivity contribution >= 4 is 23.5 Å². The number of carbonyl (C=O) groups is 3. The summed E-state index contributed by atoms with van der Waals surface area (Å²) < 4.78 is 12.4. The number of benzene rings is 2. The zero-order valence-corrected chi connectivity index (χ0v) is 23.0. The maximum Gasteiger partial charge on any atom is 0.335 e. The number of hydrogen-bond donors (Lipinski definition) is 1. The molecule has 10 nitrogen and oxygen atoms in total. The minimum Gasteiger partial charge on any atom is -0.497 e. The van der Waals surface area contributed by atoms with Crippen LogP contribution < -0.4 is 25.2 Å². The molecule has 2 fully saturated rings. The van der Waals surface area contributed by atoms with E-state index in [1.165, 1.54) is 7.11 Å². The van der Waals surface area contributed by atoms with Crippen molar-refractivity contribution in [2.45, 2.75) is 25.3 Å². The normalized spacial score (nSPS) is 24.0. The molecule has 41 heavy (non-hydrogen) atoms. The van der Waals surface area contributed by atoms with Crippen LogP contribution in [-0.4, -0.2) is 61.2 Å². The predicted octanol–water partition coefficient (Wildman–Crippen LogP) is 2.80. The number of pyridine rings is 1. The Hall–Kier alpha value is -4.44. The van der Waals surface area contributed by atoms with Gasteiger partial charge in [0.15, 0.2) is 0 Å². The minimum absolute atomic E-state index is 0.00268. The molecule has 3 aliphatic rings. The molecule has 2 bridgehead atoms. The van der Waals surface area contributed by atoms with E-state index in [1.54, 1.807) is 55.6 Å². The summed E-state index contributed by atoms with van der Waals surface area (Å²) in [5, 5.41) is 2.48. The van der Waals surface area contributed by atoms with E-state index >= 15 is 0 Å². The second kappa shape index (κ2) is 10.5. The zero-order valence-electron chi connectivity index (χ0n) is 23.0. The maximum atomic E-state index is 14.4. The van der Waals surface area contributed by atoms with Crippen molar-refractivity contribution in [2.75, 3.05) is 38.8 Å². The van der Waals surface area contributed by atoms with Crippen LogP contribution >= 0.6 is 0 Å². The van der Waals surface area contributed by atoms with Gasteiger partial charge in [0.1, 0.15) is 16.9 Å². The molecule has 3 aromatic rings. The van der Waals surface area contributed by atoms with Gasteiger partial charge in [-0.2, -0.15) is 0 Å². The molecule has 4 amide bonds. The minimum atomic E-state index is -1.57. The molecule has 3 aliphatic heterocycles. The predicted molar refractivity (Wildman–Crippen MR) is 151 cm³/mol. The Morgan fingerprint density at radius 1 is 0.854 bits per heavy atom. The first-order valence-corrected chi connectivity index (χ1v) is 13.7. The van der Waals surface area contributed by atoms with Crippen LogP contribution in [0.2, 0.25) is 0 Å². The molecule has 4 heterocycles. The van der Waals surface area contributed by atoms with E-state index in [0.29, 0.717) is 36.8 Å². The number of barbiturate groups is 1. The molecule has 1 N–H and O–H groups in total. The topological polar surface area (TPSA) is 110 Å². The molecule has 0 unspecified atom stereocenters. The van der Waals surface area contributed by atoms with E-state index in [9.17, 15) is 19.2 Å².